The van der Waals surface area contributed by atoms with Crippen molar-refractivity contribution >= 4 is 40.8 Å². The molecule has 10 nitrogen and oxygen atoms in total. The molecule has 0 bridgehead atoms. The van der Waals surface area contributed by atoms with Crippen LogP contribution in [0.25, 0.3) is 0 Å². The molecule has 0 aromatic heterocycles. The molecule has 0 aromatic rings. The highest BCUT2D eigenvalue weighted by molar-refractivity contribution is 8.13. The second-order valence-electron chi connectivity index (χ2n) is 6.53. The number of thioether (sulfide) groups is 1. The fourth-order valence-electron chi connectivity index (χ4n) is 2.13. The molecule has 0 aliphatic carbocycles. The molecule has 1 rings (SSSR count). The summed E-state index contributed by atoms with van der Waals surface area (Å²) in [5.41, 5.74) is -1.06. The largest absolute Gasteiger partial charge is 0.481 e. The Morgan fingerprint density at radius 2 is 1.93 bits per heavy atom. The highest BCUT2D eigenvalue weighted by Gasteiger charge is 2.40. The van der Waals surface area contributed by atoms with Crippen molar-refractivity contribution in [1.82, 2.24) is 10.6 Å². The Kier molecular flexibility index (Phi) is 9.06. The summed E-state index contributed by atoms with van der Waals surface area (Å²) in [5.74, 6) is -2.64. The summed E-state index contributed by atoms with van der Waals surface area (Å²) in [5, 5.41) is 13.2. The molecular formula is C16H24N2O8S. The Balaban J connectivity index is 2.88. The third-order valence-electron chi connectivity index (χ3n) is 3.60. The second-order valence-corrected chi connectivity index (χ2v) is 7.56. The fraction of sp³-hybridized carbons (Fsp3) is 0.688. The predicted octanol–water partition coefficient (Wildman–Crippen LogP) is 0.295. The molecule has 1 aliphatic heterocycles. The lowest BCUT2D eigenvalue weighted by molar-refractivity contribution is -0.166. The van der Waals surface area contributed by atoms with E-state index < -0.39 is 47.5 Å². The van der Waals surface area contributed by atoms with Gasteiger partial charge in [0.05, 0.1) is 12.8 Å². The van der Waals surface area contributed by atoms with Crippen molar-refractivity contribution in [1.29, 1.82) is 0 Å². The molecule has 1 heterocycles. The first-order valence-electron chi connectivity index (χ1n) is 8.37. The predicted molar refractivity (Wildman–Crippen MR) is 95.0 cm³/mol. The Labute approximate surface area is 160 Å². The zero-order chi connectivity index (χ0) is 20.4. The van der Waals surface area contributed by atoms with Crippen LogP contribution in [-0.4, -0.2) is 65.7 Å². The number of hydrogen-bond acceptors (Lipinski definition) is 8. The number of carboxylic acid groups (broad SMARTS) is 1. The number of hydrogen-bond donors (Lipinski definition) is 3. The molecule has 0 aromatic carbocycles. The summed E-state index contributed by atoms with van der Waals surface area (Å²) >= 11 is 0.884. The Morgan fingerprint density at radius 3 is 2.59 bits per heavy atom. The average molecular weight is 404 g/mol. The maximum Gasteiger partial charge on any atom is 0.367 e. The van der Waals surface area contributed by atoms with Gasteiger partial charge in [-0.05, 0) is 11.8 Å². The number of carboxylic acids is 1. The number of cyclic esters (lactones) is 1. The maximum absolute atomic E-state index is 12.5. The van der Waals surface area contributed by atoms with Gasteiger partial charge >= 0.3 is 17.2 Å². The third kappa shape index (κ3) is 8.76. The van der Waals surface area contributed by atoms with Gasteiger partial charge in [0.2, 0.25) is 5.91 Å². The third-order valence-corrected chi connectivity index (χ3v) is 4.36. The van der Waals surface area contributed by atoms with E-state index in [0.717, 1.165) is 11.8 Å². The number of ether oxygens (including phenoxy) is 2. The van der Waals surface area contributed by atoms with E-state index in [1.54, 1.807) is 13.8 Å². The SMILES string of the molecule is CC1(C)COC(=O)SCCNC(=O)CCNC(=O)[C@@H]1OC(=O)CCC(=O)O. The van der Waals surface area contributed by atoms with Gasteiger partial charge in [0.25, 0.3) is 5.91 Å². The van der Waals surface area contributed by atoms with E-state index in [0.29, 0.717) is 12.3 Å². The summed E-state index contributed by atoms with van der Waals surface area (Å²) in [6.45, 7) is 3.31. The molecule has 27 heavy (non-hydrogen) atoms. The van der Waals surface area contributed by atoms with Gasteiger partial charge in [0, 0.05) is 30.7 Å². The highest BCUT2D eigenvalue weighted by Crippen LogP contribution is 2.26. The molecule has 3 N–H and O–H groups in total. The van der Waals surface area contributed by atoms with Gasteiger partial charge in [0.1, 0.15) is 6.61 Å². The topological polar surface area (TPSA) is 148 Å². The van der Waals surface area contributed by atoms with Crippen molar-refractivity contribution in [3.63, 3.8) is 0 Å². The number of nitrogens with one attached hydrogen (secondary N) is 2. The number of carbonyl (C=O) groups is 5. The molecule has 11 heteroatoms. The quantitative estimate of drug-likeness (QED) is 0.562. The number of aliphatic carboxylic acids is 1. The highest BCUT2D eigenvalue weighted by atomic mass is 32.2. The molecule has 1 aliphatic rings. The van der Waals surface area contributed by atoms with Gasteiger partial charge in [-0.3, -0.25) is 19.2 Å². The fourth-order valence-corrected chi connectivity index (χ4v) is 2.65. The zero-order valence-corrected chi connectivity index (χ0v) is 16.1. The summed E-state index contributed by atoms with van der Waals surface area (Å²) in [6, 6.07) is 0. The van der Waals surface area contributed by atoms with Crippen LogP contribution in [0, 0.1) is 5.41 Å². The van der Waals surface area contributed by atoms with E-state index in [9.17, 15) is 24.0 Å². The van der Waals surface area contributed by atoms with Gasteiger partial charge in [-0.15, -0.1) is 0 Å². The van der Waals surface area contributed by atoms with Crippen molar-refractivity contribution in [2.45, 2.75) is 39.2 Å². The van der Waals surface area contributed by atoms with Gasteiger partial charge in [-0.2, -0.15) is 0 Å². The van der Waals surface area contributed by atoms with Crippen molar-refractivity contribution in [2.24, 2.45) is 5.41 Å². The van der Waals surface area contributed by atoms with Crippen LogP contribution in [0.5, 0.6) is 0 Å². The average Bonchev–Trinajstić information content (AvgIpc) is 2.59. The van der Waals surface area contributed by atoms with E-state index >= 15 is 0 Å². The minimum atomic E-state index is -1.32. The van der Waals surface area contributed by atoms with Crippen LogP contribution in [0.4, 0.5) is 4.79 Å². The van der Waals surface area contributed by atoms with Crippen molar-refractivity contribution in [2.75, 3.05) is 25.4 Å². The molecule has 0 radical (unpaired) electrons. The zero-order valence-electron chi connectivity index (χ0n) is 15.2. The van der Waals surface area contributed by atoms with E-state index in [2.05, 4.69) is 10.6 Å². The standard InChI is InChI=1S/C16H24N2O8S/c1-16(2)9-25-15(24)27-8-7-17-10(19)5-6-18-14(23)13(16)26-12(22)4-3-11(20)21/h13H,3-9H2,1-2H3,(H,17,19)(H,18,23)(H,20,21)/t13-/m0/s1. The first-order valence-corrected chi connectivity index (χ1v) is 9.35. The second kappa shape index (κ2) is 10.8. The molecule has 1 fully saturated rings. The van der Waals surface area contributed by atoms with E-state index in [1.165, 1.54) is 0 Å². The van der Waals surface area contributed by atoms with Gasteiger partial charge in [-0.25, -0.2) is 4.79 Å². The minimum Gasteiger partial charge on any atom is -0.481 e. The normalized spacial score (nSPS) is 21.9. The summed E-state index contributed by atoms with van der Waals surface area (Å²) in [6.07, 6.45) is -2.12. The molecule has 1 saturated heterocycles. The lowest BCUT2D eigenvalue weighted by Crippen LogP contribution is -2.49. The number of rotatable bonds is 4. The Morgan fingerprint density at radius 1 is 1.22 bits per heavy atom. The van der Waals surface area contributed by atoms with Gasteiger partial charge < -0.3 is 25.2 Å². The molecule has 0 spiro atoms. The molecule has 0 unspecified atom stereocenters. The van der Waals surface area contributed by atoms with Crippen LogP contribution in [0.2, 0.25) is 0 Å². The summed E-state index contributed by atoms with van der Waals surface area (Å²) in [7, 11) is 0. The summed E-state index contributed by atoms with van der Waals surface area (Å²) < 4.78 is 10.3. The van der Waals surface area contributed by atoms with Crippen LogP contribution >= 0.6 is 11.8 Å². The molecule has 0 saturated carbocycles. The number of amides is 2. The minimum absolute atomic E-state index is 0.0287. The van der Waals surface area contributed by atoms with Crippen LogP contribution in [-0.2, 0) is 28.7 Å². The maximum atomic E-state index is 12.5. The van der Waals surface area contributed by atoms with Gasteiger partial charge in [-0.1, -0.05) is 13.8 Å². The van der Waals surface area contributed by atoms with Crippen molar-refractivity contribution < 1.29 is 38.6 Å². The molecular weight excluding hydrogens is 380 g/mol. The number of esters is 1. The van der Waals surface area contributed by atoms with E-state index in [4.69, 9.17) is 14.6 Å². The first-order chi connectivity index (χ1) is 12.6. The van der Waals surface area contributed by atoms with E-state index in [1.807, 2.05) is 0 Å². The smallest absolute Gasteiger partial charge is 0.367 e. The first kappa shape index (κ1) is 22.7. The molecule has 2 amide bonds. The molecule has 1 atom stereocenters. The summed E-state index contributed by atoms with van der Waals surface area (Å²) in [4.78, 5) is 58.4. The van der Waals surface area contributed by atoms with Crippen LogP contribution in [0.1, 0.15) is 33.1 Å². The van der Waals surface area contributed by atoms with Crippen molar-refractivity contribution in [3.05, 3.63) is 0 Å². The van der Waals surface area contributed by atoms with Crippen LogP contribution < -0.4 is 10.6 Å². The monoisotopic (exact) mass is 404 g/mol. The Hall–Kier alpha value is -2.30. The van der Waals surface area contributed by atoms with Crippen LogP contribution in [0.15, 0.2) is 0 Å². The molecule has 152 valence electrons. The Bertz CT molecular complexity index is 593. The van der Waals surface area contributed by atoms with Crippen molar-refractivity contribution in [3.8, 4) is 0 Å². The van der Waals surface area contributed by atoms with Crippen LogP contribution in [0.3, 0.4) is 0 Å². The number of carbonyl (C=O) groups excluding carboxylic acids is 4. The lowest BCUT2D eigenvalue weighted by Gasteiger charge is -2.32. The lowest BCUT2D eigenvalue weighted by atomic mass is 9.86. The van der Waals surface area contributed by atoms with E-state index in [-0.39, 0.29) is 25.5 Å². The van der Waals surface area contributed by atoms with Gasteiger partial charge in [0.15, 0.2) is 6.10 Å².